The number of likely N-dealkylation sites (tertiary alicyclic amines) is 1. The molecule has 0 aromatic heterocycles. The molecule has 3 rings (SSSR count). The minimum absolute atomic E-state index is 0.00496. The molecule has 1 N–H and O–H groups in total. The number of rotatable bonds is 8. The maximum Gasteiger partial charge on any atom is 0.295 e. The molecule has 0 radical (unpaired) electrons. The second-order valence-electron chi connectivity index (χ2n) is 6.84. The molecule has 31 heavy (non-hydrogen) atoms. The molecule has 0 saturated carbocycles. The smallest absolute Gasteiger partial charge is 0.295 e. The van der Waals surface area contributed by atoms with Crippen molar-refractivity contribution < 1.29 is 28.9 Å². The Balaban J connectivity index is 2.17. The monoisotopic (exact) mass is 445 g/mol. The third-order valence-electron chi connectivity index (χ3n) is 5.00. The van der Waals surface area contributed by atoms with Crippen molar-refractivity contribution in [1.82, 2.24) is 4.90 Å². The van der Waals surface area contributed by atoms with Crippen LogP contribution < -0.4 is 9.47 Å². The Hall–Kier alpha value is -3.03. The lowest BCUT2D eigenvalue weighted by Gasteiger charge is -2.25. The van der Waals surface area contributed by atoms with E-state index in [2.05, 4.69) is 0 Å². The van der Waals surface area contributed by atoms with E-state index < -0.39 is 17.7 Å². The molecule has 0 spiro atoms. The number of aliphatic hydroxyl groups excluding tert-OH is 1. The summed E-state index contributed by atoms with van der Waals surface area (Å²) in [6.45, 7) is 2.73. The van der Waals surface area contributed by atoms with Gasteiger partial charge in [0.1, 0.15) is 5.76 Å². The first-order valence-corrected chi connectivity index (χ1v) is 10.1. The number of methoxy groups -OCH3 is 2. The van der Waals surface area contributed by atoms with E-state index in [-0.39, 0.29) is 24.5 Å². The number of hydrogen-bond acceptors (Lipinski definition) is 6. The predicted octanol–water partition coefficient (Wildman–Crippen LogP) is 3.82. The van der Waals surface area contributed by atoms with Crippen molar-refractivity contribution in [3.63, 3.8) is 0 Å². The van der Waals surface area contributed by atoms with Crippen molar-refractivity contribution in [3.05, 3.63) is 64.2 Å². The van der Waals surface area contributed by atoms with E-state index in [4.69, 9.17) is 25.8 Å². The first-order chi connectivity index (χ1) is 14.9. The second-order valence-corrected chi connectivity index (χ2v) is 7.27. The Morgan fingerprint density at radius 3 is 2.42 bits per heavy atom. The maximum absolute atomic E-state index is 12.9. The SMILES string of the molecule is CCOc1ccc([C@H]2/C(=C(\O)c3ccc(Cl)cc3)C(=O)C(=O)N2CCOC)cc1OC. The summed E-state index contributed by atoms with van der Waals surface area (Å²) in [6, 6.07) is 10.8. The molecule has 164 valence electrons. The molecule has 0 bridgehead atoms. The fraction of sp³-hybridized carbons (Fsp3) is 0.304. The molecular weight excluding hydrogens is 422 g/mol. The van der Waals surface area contributed by atoms with Crippen LogP contribution in [-0.4, -0.2) is 55.7 Å². The van der Waals surface area contributed by atoms with E-state index in [9.17, 15) is 14.7 Å². The zero-order valence-electron chi connectivity index (χ0n) is 17.6. The lowest BCUT2D eigenvalue weighted by atomic mass is 9.95. The summed E-state index contributed by atoms with van der Waals surface area (Å²) in [5, 5.41) is 11.5. The van der Waals surface area contributed by atoms with E-state index in [1.165, 1.54) is 19.1 Å². The van der Waals surface area contributed by atoms with Crippen molar-refractivity contribution in [1.29, 1.82) is 0 Å². The summed E-state index contributed by atoms with van der Waals surface area (Å²) in [5.41, 5.74) is 0.984. The highest BCUT2D eigenvalue weighted by Crippen LogP contribution is 2.41. The molecule has 8 heteroatoms. The highest BCUT2D eigenvalue weighted by Gasteiger charge is 2.46. The number of ether oxygens (including phenoxy) is 3. The predicted molar refractivity (Wildman–Crippen MR) is 117 cm³/mol. The molecule has 2 aromatic rings. The van der Waals surface area contributed by atoms with Crippen molar-refractivity contribution in [2.24, 2.45) is 0 Å². The lowest BCUT2D eigenvalue weighted by Crippen LogP contribution is -2.32. The molecule has 1 saturated heterocycles. The molecule has 1 amide bonds. The minimum atomic E-state index is -0.810. The van der Waals surface area contributed by atoms with Crippen LogP contribution >= 0.6 is 11.6 Å². The summed E-state index contributed by atoms with van der Waals surface area (Å²) in [7, 11) is 3.02. The number of carbonyl (C=O) groups excluding carboxylic acids is 2. The zero-order valence-corrected chi connectivity index (χ0v) is 18.3. The number of ketones is 1. The van der Waals surface area contributed by atoms with Gasteiger partial charge in [0.25, 0.3) is 11.7 Å². The Kier molecular flexibility index (Phi) is 7.20. The summed E-state index contributed by atoms with van der Waals surface area (Å²) in [5.74, 6) is -0.733. The van der Waals surface area contributed by atoms with Crippen LogP contribution in [0, 0.1) is 0 Å². The van der Waals surface area contributed by atoms with Gasteiger partial charge >= 0.3 is 0 Å². The van der Waals surface area contributed by atoms with Crippen molar-refractivity contribution >= 4 is 29.1 Å². The van der Waals surface area contributed by atoms with Gasteiger partial charge < -0.3 is 24.2 Å². The fourth-order valence-corrected chi connectivity index (χ4v) is 3.67. The third kappa shape index (κ3) is 4.52. The quantitative estimate of drug-likeness (QED) is 0.378. The van der Waals surface area contributed by atoms with E-state index >= 15 is 0 Å². The van der Waals surface area contributed by atoms with Gasteiger partial charge in [0.05, 0.1) is 31.9 Å². The zero-order chi connectivity index (χ0) is 22.5. The van der Waals surface area contributed by atoms with E-state index in [1.807, 2.05) is 6.92 Å². The van der Waals surface area contributed by atoms with Gasteiger partial charge in [-0.1, -0.05) is 17.7 Å². The van der Waals surface area contributed by atoms with Gasteiger partial charge in [-0.25, -0.2) is 0 Å². The molecule has 1 fully saturated rings. The molecule has 7 nitrogen and oxygen atoms in total. The average molecular weight is 446 g/mol. The highest BCUT2D eigenvalue weighted by molar-refractivity contribution is 6.46. The van der Waals surface area contributed by atoms with Crippen LogP contribution in [0.4, 0.5) is 0 Å². The standard InChI is InChI=1S/C23H24ClNO6/c1-4-31-17-10-7-15(13-18(17)30-3)20-19(21(26)14-5-8-16(24)9-6-14)22(27)23(28)25(20)11-12-29-2/h5-10,13,20,26H,4,11-12H2,1-3H3/b21-19+/t20-/m0/s1. The summed E-state index contributed by atoms with van der Waals surface area (Å²) < 4.78 is 16.1. The van der Waals surface area contributed by atoms with Crippen molar-refractivity contribution in [2.45, 2.75) is 13.0 Å². The number of carbonyl (C=O) groups is 2. The Morgan fingerprint density at radius 2 is 1.81 bits per heavy atom. The molecule has 1 atom stereocenters. The van der Waals surface area contributed by atoms with Gasteiger partial charge in [-0.2, -0.15) is 0 Å². The molecule has 1 aliphatic rings. The molecule has 1 aliphatic heterocycles. The van der Waals surface area contributed by atoms with Gasteiger partial charge in [0.15, 0.2) is 11.5 Å². The van der Waals surface area contributed by atoms with Crippen LogP contribution in [0.5, 0.6) is 11.5 Å². The summed E-state index contributed by atoms with van der Waals surface area (Å²) in [6.07, 6.45) is 0. The maximum atomic E-state index is 12.9. The minimum Gasteiger partial charge on any atom is -0.507 e. The van der Waals surface area contributed by atoms with Crippen LogP contribution in [0.2, 0.25) is 5.02 Å². The number of aliphatic hydroxyl groups is 1. The summed E-state index contributed by atoms with van der Waals surface area (Å²) in [4.78, 5) is 27.1. The Morgan fingerprint density at radius 1 is 1.10 bits per heavy atom. The number of halogens is 1. The molecule has 2 aromatic carbocycles. The molecular formula is C23H24ClNO6. The van der Waals surface area contributed by atoms with Crippen LogP contribution in [0.3, 0.4) is 0 Å². The summed E-state index contributed by atoms with van der Waals surface area (Å²) >= 11 is 5.94. The Labute approximate surface area is 185 Å². The number of hydrogen-bond donors (Lipinski definition) is 1. The van der Waals surface area contributed by atoms with Crippen LogP contribution in [-0.2, 0) is 14.3 Å². The van der Waals surface area contributed by atoms with Gasteiger partial charge in [-0.3, -0.25) is 9.59 Å². The number of amides is 1. The fourth-order valence-electron chi connectivity index (χ4n) is 3.54. The van der Waals surface area contributed by atoms with Crippen LogP contribution in [0.15, 0.2) is 48.0 Å². The molecule has 1 heterocycles. The third-order valence-corrected chi connectivity index (χ3v) is 5.25. The average Bonchev–Trinajstić information content (AvgIpc) is 3.03. The van der Waals surface area contributed by atoms with Gasteiger partial charge in [0.2, 0.25) is 0 Å². The van der Waals surface area contributed by atoms with Crippen LogP contribution in [0.1, 0.15) is 24.1 Å². The van der Waals surface area contributed by atoms with Crippen molar-refractivity contribution in [2.75, 3.05) is 34.0 Å². The first-order valence-electron chi connectivity index (χ1n) is 9.76. The highest BCUT2D eigenvalue weighted by atomic mass is 35.5. The normalized spacial score (nSPS) is 17.8. The van der Waals surface area contributed by atoms with E-state index in [0.29, 0.717) is 34.3 Å². The Bertz CT molecular complexity index is 1000. The largest absolute Gasteiger partial charge is 0.507 e. The lowest BCUT2D eigenvalue weighted by molar-refractivity contribution is -0.140. The topological polar surface area (TPSA) is 85.3 Å². The first kappa shape index (κ1) is 22.7. The number of Topliss-reactive ketones (excluding diaryl/α,β-unsaturated/α-hetero) is 1. The number of nitrogens with zero attached hydrogens (tertiary/aromatic N) is 1. The number of benzene rings is 2. The van der Waals surface area contributed by atoms with E-state index in [0.717, 1.165) is 0 Å². The van der Waals surface area contributed by atoms with Gasteiger partial charge in [-0.15, -0.1) is 0 Å². The van der Waals surface area contributed by atoms with Crippen molar-refractivity contribution in [3.8, 4) is 11.5 Å². The molecule has 0 aliphatic carbocycles. The van der Waals surface area contributed by atoms with Gasteiger partial charge in [0, 0.05) is 24.2 Å². The molecule has 0 unspecified atom stereocenters. The van der Waals surface area contributed by atoms with Crippen LogP contribution in [0.25, 0.3) is 5.76 Å². The van der Waals surface area contributed by atoms with E-state index in [1.54, 1.807) is 42.5 Å². The van der Waals surface area contributed by atoms with Gasteiger partial charge in [-0.05, 0) is 48.9 Å². The second kappa shape index (κ2) is 9.85.